The van der Waals surface area contributed by atoms with E-state index in [0.717, 1.165) is 5.69 Å². The fraction of sp³-hybridized carbons (Fsp3) is 0.333. The summed E-state index contributed by atoms with van der Waals surface area (Å²) in [6, 6.07) is 3.74. The normalized spacial score (nSPS) is 15.7. The minimum absolute atomic E-state index is 0.110. The molecule has 0 aliphatic carbocycles. The molecule has 14 heavy (non-hydrogen) atoms. The number of nitrogens with zero attached hydrogens (tertiary/aromatic N) is 3. The zero-order chi connectivity index (χ0) is 10.1. The molecule has 5 nitrogen and oxygen atoms in total. The van der Waals surface area contributed by atoms with Gasteiger partial charge in [-0.25, -0.2) is 4.98 Å². The first-order valence-electron chi connectivity index (χ1n) is 4.27. The van der Waals surface area contributed by atoms with Crippen LogP contribution in [0.25, 0.3) is 0 Å². The van der Waals surface area contributed by atoms with Gasteiger partial charge in [0.05, 0.1) is 19.3 Å². The molecule has 0 atom stereocenters. The van der Waals surface area contributed by atoms with Gasteiger partial charge in [-0.3, -0.25) is 9.63 Å². The Labute approximate surface area is 81.9 Å². The van der Waals surface area contributed by atoms with Gasteiger partial charge in [0.15, 0.2) is 5.82 Å². The van der Waals surface area contributed by atoms with Crippen LogP contribution in [0.1, 0.15) is 0 Å². The fourth-order valence-electron chi connectivity index (χ4n) is 1.50. The lowest BCUT2D eigenvalue weighted by Crippen LogP contribution is -2.44. The van der Waals surface area contributed by atoms with E-state index < -0.39 is 0 Å². The Morgan fingerprint density at radius 2 is 2.36 bits per heavy atom. The zero-order valence-electron chi connectivity index (χ0n) is 8.10. The van der Waals surface area contributed by atoms with Crippen LogP contribution >= 0.6 is 0 Å². The molecule has 0 N–H and O–H groups in total. The fourth-order valence-corrected chi connectivity index (χ4v) is 1.50. The van der Waals surface area contributed by atoms with E-state index in [1.165, 1.54) is 12.2 Å². The van der Waals surface area contributed by atoms with Crippen molar-refractivity contribution in [2.45, 2.75) is 0 Å². The molecule has 0 unspecified atom stereocenters. The van der Waals surface area contributed by atoms with Crippen LogP contribution in [-0.4, -0.2) is 31.6 Å². The number of hydroxylamine groups is 1. The molecular formula is C9H11N3O2. The van der Waals surface area contributed by atoms with Crippen molar-refractivity contribution in [2.24, 2.45) is 0 Å². The van der Waals surface area contributed by atoms with Crippen LogP contribution in [0.4, 0.5) is 11.5 Å². The summed E-state index contributed by atoms with van der Waals surface area (Å²) in [7, 11) is 3.31. The number of hydrogen-bond donors (Lipinski definition) is 0. The lowest BCUT2D eigenvalue weighted by molar-refractivity contribution is -0.123. The molecule has 2 rings (SSSR count). The number of carbonyl (C=O) groups excluding carboxylic acids is 1. The second kappa shape index (κ2) is 3.26. The minimum atomic E-state index is -0.110. The first kappa shape index (κ1) is 8.96. The van der Waals surface area contributed by atoms with Crippen molar-refractivity contribution in [1.29, 1.82) is 0 Å². The third-order valence-corrected chi connectivity index (χ3v) is 2.15. The van der Waals surface area contributed by atoms with Crippen LogP contribution in [0, 0.1) is 0 Å². The maximum absolute atomic E-state index is 11.5. The van der Waals surface area contributed by atoms with Gasteiger partial charge in [-0.2, -0.15) is 5.06 Å². The van der Waals surface area contributed by atoms with Crippen molar-refractivity contribution >= 4 is 17.4 Å². The Morgan fingerprint density at radius 3 is 3.07 bits per heavy atom. The summed E-state index contributed by atoms with van der Waals surface area (Å²) in [5.41, 5.74) is 0.897. The van der Waals surface area contributed by atoms with Gasteiger partial charge < -0.3 is 4.90 Å². The van der Waals surface area contributed by atoms with E-state index in [0.29, 0.717) is 12.4 Å². The Hall–Kier alpha value is -1.62. The summed E-state index contributed by atoms with van der Waals surface area (Å²) >= 11 is 0. The SMILES string of the molecule is CON1C(=O)CN(C)c2cccnc21. The number of pyridine rings is 1. The molecular weight excluding hydrogens is 182 g/mol. The first-order chi connectivity index (χ1) is 6.74. The quantitative estimate of drug-likeness (QED) is 0.648. The van der Waals surface area contributed by atoms with E-state index in [2.05, 4.69) is 4.98 Å². The van der Waals surface area contributed by atoms with Gasteiger partial charge in [0.25, 0.3) is 5.91 Å². The molecule has 0 aromatic carbocycles. The monoisotopic (exact) mass is 193 g/mol. The molecule has 1 aromatic rings. The van der Waals surface area contributed by atoms with Crippen molar-refractivity contribution in [3.63, 3.8) is 0 Å². The Balaban J connectivity index is 2.50. The summed E-state index contributed by atoms with van der Waals surface area (Å²) in [4.78, 5) is 22.4. The highest BCUT2D eigenvalue weighted by Gasteiger charge is 2.28. The van der Waals surface area contributed by atoms with Crippen LogP contribution < -0.4 is 9.96 Å². The predicted molar refractivity (Wildman–Crippen MR) is 52.0 cm³/mol. The van der Waals surface area contributed by atoms with E-state index in [9.17, 15) is 4.79 Å². The van der Waals surface area contributed by atoms with Crippen molar-refractivity contribution < 1.29 is 9.63 Å². The molecule has 1 aliphatic rings. The molecule has 74 valence electrons. The largest absolute Gasteiger partial charge is 0.362 e. The van der Waals surface area contributed by atoms with Crippen LogP contribution in [0.5, 0.6) is 0 Å². The van der Waals surface area contributed by atoms with E-state index >= 15 is 0 Å². The van der Waals surface area contributed by atoms with Gasteiger partial charge in [0, 0.05) is 13.2 Å². The number of anilines is 2. The summed E-state index contributed by atoms with van der Waals surface area (Å²) in [5, 5.41) is 1.22. The number of likely N-dealkylation sites (N-methyl/N-ethyl adjacent to an activating group) is 1. The number of carbonyl (C=O) groups is 1. The van der Waals surface area contributed by atoms with Gasteiger partial charge in [-0.15, -0.1) is 0 Å². The van der Waals surface area contributed by atoms with Crippen molar-refractivity contribution in [3.8, 4) is 0 Å². The number of amides is 1. The Morgan fingerprint density at radius 1 is 1.57 bits per heavy atom. The van der Waals surface area contributed by atoms with Gasteiger partial charge in [0.1, 0.15) is 0 Å². The molecule has 0 fully saturated rings. The van der Waals surface area contributed by atoms with Crippen LogP contribution in [0.15, 0.2) is 18.3 Å². The summed E-state index contributed by atoms with van der Waals surface area (Å²) in [6.45, 7) is 0.312. The predicted octanol–water partition coefficient (Wildman–Crippen LogP) is 0.426. The van der Waals surface area contributed by atoms with Crippen LogP contribution in [0.3, 0.4) is 0 Å². The average Bonchev–Trinajstić information content (AvgIpc) is 2.18. The number of fused-ring (bicyclic) bond motifs is 1. The molecule has 0 saturated heterocycles. The molecule has 0 radical (unpaired) electrons. The van der Waals surface area contributed by atoms with Crippen LogP contribution in [0.2, 0.25) is 0 Å². The van der Waals surface area contributed by atoms with E-state index in [1.54, 1.807) is 6.20 Å². The highest BCUT2D eigenvalue weighted by molar-refractivity contribution is 6.00. The van der Waals surface area contributed by atoms with E-state index in [1.807, 2.05) is 24.1 Å². The number of rotatable bonds is 1. The molecule has 1 amide bonds. The highest BCUT2D eigenvalue weighted by atomic mass is 16.7. The number of hydrogen-bond acceptors (Lipinski definition) is 4. The first-order valence-corrected chi connectivity index (χ1v) is 4.27. The standard InChI is InChI=1S/C9H11N3O2/c1-11-6-8(13)12(14-2)9-7(11)4-3-5-10-9/h3-5H,6H2,1-2H3. The van der Waals surface area contributed by atoms with Crippen LogP contribution in [-0.2, 0) is 9.63 Å². The molecule has 1 aromatic heterocycles. The summed E-state index contributed by atoms with van der Waals surface area (Å²) in [5.74, 6) is 0.440. The molecule has 0 saturated carbocycles. The van der Waals surface area contributed by atoms with Gasteiger partial charge in [-0.1, -0.05) is 0 Å². The smallest absolute Gasteiger partial charge is 0.271 e. The Kier molecular flexibility index (Phi) is 2.09. The van der Waals surface area contributed by atoms with Gasteiger partial charge >= 0.3 is 0 Å². The summed E-state index contributed by atoms with van der Waals surface area (Å²) < 4.78 is 0. The van der Waals surface area contributed by atoms with Crippen molar-refractivity contribution in [2.75, 3.05) is 30.7 Å². The minimum Gasteiger partial charge on any atom is -0.362 e. The van der Waals surface area contributed by atoms with E-state index in [-0.39, 0.29) is 5.91 Å². The molecule has 5 heteroatoms. The Bertz CT molecular complexity index is 367. The maximum Gasteiger partial charge on any atom is 0.271 e. The third kappa shape index (κ3) is 1.22. The average molecular weight is 193 g/mol. The van der Waals surface area contributed by atoms with Crippen molar-refractivity contribution in [1.82, 2.24) is 4.98 Å². The second-order valence-corrected chi connectivity index (χ2v) is 3.07. The molecule has 2 heterocycles. The molecule has 0 spiro atoms. The zero-order valence-corrected chi connectivity index (χ0v) is 8.10. The number of aromatic nitrogens is 1. The lowest BCUT2D eigenvalue weighted by atomic mass is 10.3. The molecule has 0 bridgehead atoms. The maximum atomic E-state index is 11.5. The van der Waals surface area contributed by atoms with E-state index in [4.69, 9.17) is 4.84 Å². The van der Waals surface area contributed by atoms with Gasteiger partial charge in [0.2, 0.25) is 0 Å². The highest BCUT2D eigenvalue weighted by Crippen LogP contribution is 2.29. The lowest BCUT2D eigenvalue weighted by Gasteiger charge is -2.31. The summed E-state index contributed by atoms with van der Waals surface area (Å²) in [6.07, 6.45) is 1.64. The van der Waals surface area contributed by atoms with Gasteiger partial charge in [-0.05, 0) is 12.1 Å². The second-order valence-electron chi connectivity index (χ2n) is 3.07. The third-order valence-electron chi connectivity index (χ3n) is 2.15. The topological polar surface area (TPSA) is 45.7 Å². The molecule has 1 aliphatic heterocycles. The van der Waals surface area contributed by atoms with Crippen molar-refractivity contribution in [3.05, 3.63) is 18.3 Å².